The number of aromatic carboxylic acids is 1. The van der Waals surface area contributed by atoms with Gasteiger partial charge in [-0.3, -0.25) is 14.8 Å². The number of phenolic OH excluding ortho intramolecular Hbond substituents is 2. The zero-order chi connectivity index (χ0) is 33.7. The lowest BCUT2D eigenvalue weighted by Crippen LogP contribution is -2.30. The van der Waals surface area contributed by atoms with Crippen molar-refractivity contribution in [1.82, 2.24) is 15.3 Å². The number of carbonyl (C=O) groups excluding carboxylic acids is 1. The van der Waals surface area contributed by atoms with Gasteiger partial charge < -0.3 is 31.3 Å². The van der Waals surface area contributed by atoms with Crippen molar-refractivity contribution in [3.63, 3.8) is 0 Å². The molecule has 0 unspecified atom stereocenters. The molecule has 2 heterocycles. The molecule has 6 N–H and O–H groups in total. The molecule has 0 spiro atoms. The predicted molar refractivity (Wildman–Crippen MR) is 185 cm³/mol. The number of hydrogen-bond acceptors (Lipinski definition) is 8. The second-order valence-corrected chi connectivity index (χ2v) is 11.3. The first kappa shape index (κ1) is 32.2. The van der Waals surface area contributed by atoms with Crippen LogP contribution in [0, 0.1) is 13.8 Å². The molecule has 0 saturated heterocycles. The maximum atomic E-state index is 12.6. The van der Waals surface area contributed by atoms with E-state index >= 15 is 0 Å². The Bertz CT molecular complexity index is 2110. The number of carbonyl (C=O) groups is 2. The second kappa shape index (κ2) is 13.9. The van der Waals surface area contributed by atoms with Crippen LogP contribution in [0.4, 0.5) is 22.7 Å². The molecular weight excluding hydrogens is 594 g/mol. The molecular formula is C37H35N5O5. The van der Waals surface area contributed by atoms with Crippen LogP contribution in [-0.2, 0) is 0 Å². The molecule has 0 fully saturated rings. The fourth-order valence-corrected chi connectivity index (χ4v) is 4.97. The quantitative estimate of drug-likeness (QED) is 0.104. The third-order valence-electron chi connectivity index (χ3n) is 7.41. The molecule has 10 nitrogen and oxygen atoms in total. The third kappa shape index (κ3) is 7.56. The van der Waals surface area contributed by atoms with Gasteiger partial charge in [-0.25, -0.2) is 4.79 Å². The number of pyridine rings is 2. The molecule has 6 rings (SSSR count). The number of aromatic nitrogens is 2. The topological polar surface area (TPSA) is 157 Å². The van der Waals surface area contributed by atoms with E-state index in [1.54, 1.807) is 60.9 Å². The number of phenols is 2. The largest absolute Gasteiger partial charge is 0.508 e. The van der Waals surface area contributed by atoms with Crippen molar-refractivity contribution in [1.29, 1.82) is 0 Å². The summed E-state index contributed by atoms with van der Waals surface area (Å²) in [7, 11) is 0. The maximum Gasteiger partial charge on any atom is 0.335 e. The molecule has 10 heteroatoms. The fourth-order valence-electron chi connectivity index (χ4n) is 4.97. The van der Waals surface area contributed by atoms with Gasteiger partial charge >= 0.3 is 5.97 Å². The van der Waals surface area contributed by atoms with Gasteiger partial charge in [0.25, 0.3) is 5.91 Å². The Balaban J connectivity index is 0.000000186. The number of amides is 1. The van der Waals surface area contributed by atoms with Gasteiger partial charge in [0.2, 0.25) is 0 Å². The smallest absolute Gasteiger partial charge is 0.335 e. The van der Waals surface area contributed by atoms with E-state index in [2.05, 4.69) is 25.9 Å². The molecule has 0 aliphatic heterocycles. The molecule has 2 aromatic heterocycles. The minimum atomic E-state index is -0.981. The van der Waals surface area contributed by atoms with E-state index in [4.69, 9.17) is 5.11 Å². The molecule has 238 valence electrons. The van der Waals surface area contributed by atoms with Crippen LogP contribution in [0.15, 0.2) is 97.3 Å². The van der Waals surface area contributed by atoms with Crippen molar-refractivity contribution < 1.29 is 24.9 Å². The zero-order valence-electron chi connectivity index (χ0n) is 26.4. The van der Waals surface area contributed by atoms with Crippen LogP contribution in [0.3, 0.4) is 0 Å². The highest BCUT2D eigenvalue weighted by Gasteiger charge is 2.17. The number of carboxylic acid groups (broad SMARTS) is 1. The first-order valence-corrected chi connectivity index (χ1v) is 14.9. The summed E-state index contributed by atoms with van der Waals surface area (Å²) in [5.41, 5.74) is 7.10. The average molecular weight is 630 g/mol. The summed E-state index contributed by atoms with van der Waals surface area (Å²) in [6.45, 7) is 7.72. The lowest BCUT2D eigenvalue weighted by molar-refractivity contribution is 0.0696. The number of hydrogen-bond donors (Lipinski definition) is 6. The Hall–Kier alpha value is -6.16. The van der Waals surface area contributed by atoms with E-state index in [1.807, 2.05) is 58.0 Å². The predicted octanol–water partition coefficient (Wildman–Crippen LogP) is 7.82. The van der Waals surface area contributed by atoms with Crippen molar-refractivity contribution in [2.45, 2.75) is 33.7 Å². The highest BCUT2D eigenvalue weighted by Crippen LogP contribution is 2.33. The molecule has 0 atom stereocenters. The summed E-state index contributed by atoms with van der Waals surface area (Å²) < 4.78 is 0. The van der Waals surface area contributed by atoms with Gasteiger partial charge in [-0.15, -0.1) is 0 Å². The molecule has 4 aromatic carbocycles. The molecule has 0 aliphatic carbocycles. The summed E-state index contributed by atoms with van der Waals surface area (Å²) in [5.74, 6) is -0.802. The van der Waals surface area contributed by atoms with Crippen molar-refractivity contribution in [3.05, 3.63) is 120 Å². The zero-order valence-corrected chi connectivity index (χ0v) is 26.4. The van der Waals surface area contributed by atoms with Gasteiger partial charge in [0.15, 0.2) is 0 Å². The number of fused-ring (bicyclic) bond motifs is 2. The van der Waals surface area contributed by atoms with E-state index in [-0.39, 0.29) is 29.0 Å². The van der Waals surface area contributed by atoms with Crippen molar-refractivity contribution in [3.8, 4) is 11.5 Å². The number of aromatic hydroxyl groups is 2. The highest BCUT2D eigenvalue weighted by atomic mass is 16.4. The Labute approximate surface area is 271 Å². The van der Waals surface area contributed by atoms with Gasteiger partial charge in [0.05, 0.1) is 27.8 Å². The molecule has 0 saturated carbocycles. The normalized spacial score (nSPS) is 10.7. The van der Waals surface area contributed by atoms with E-state index in [0.717, 1.165) is 39.1 Å². The monoisotopic (exact) mass is 629 g/mol. The number of nitrogens with one attached hydrogen (secondary N) is 3. The Morgan fingerprint density at radius 1 is 0.681 bits per heavy atom. The molecule has 1 amide bonds. The van der Waals surface area contributed by atoms with Gasteiger partial charge in [-0.05, 0) is 99.5 Å². The van der Waals surface area contributed by atoms with Gasteiger partial charge in [-0.1, -0.05) is 12.1 Å². The highest BCUT2D eigenvalue weighted by molar-refractivity contribution is 6.08. The average Bonchev–Trinajstić information content (AvgIpc) is 3.04. The number of aryl methyl sites for hydroxylation is 2. The number of benzene rings is 4. The molecule has 47 heavy (non-hydrogen) atoms. The summed E-state index contributed by atoms with van der Waals surface area (Å²) in [6, 6.07) is 24.2. The van der Waals surface area contributed by atoms with E-state index in [1.165, 1.54) is 6.07 Å². The van der Waals surface area contributed by atoms with Crippen LogP contribution in [0.1, 0.15) is 45.7 Å². The van der Waals surface area contributed by atoms with Crippen molar-refractivity contribution >= 4 is 56.4 Å². The first-order valence-electron chi connectivity index (χ1n) is 14.9. The van der Waals surface area contributed by atoms with Gasteiger partial charge in [0.1, 0.15) is 11.5 Å². The second-order valence-electron chi connectivity index (χ2n) is 11.3. The van der Waals surface area contributed by atoms with E-state index < -0.39 is 5.97 Å². The van der Waals surface area contributed by atoms with Crippen molar-refractivity contribution in [2.24, 2.45) is 0 Å². The Morgan fingerprint density at radius 2 is 1.30 bits per heavy atom. The summed E-state index contributed by atoms with van der Waals surface area (Å²) in [5, 5.41) is 39.6. The minimum Gasteiger partial charge on any atom is -0.508 e. The standard InChI is InChI=1S/C20H21N3O2.C17H14N2O3/c1-12(2)22-20(25)16-8-9-17-15(5-4-10-21-17)19(16)23-18-11-14(24)7-6-13(18)3;1-10-2-4-12(20)9-16(10)19-15-6-7-18-14-5-3-11(17(21)22)8-13(14)15/h4-12,23-24H,1-3H3,(H,22,25);2-9,20H,1H3,(H,18,19)(H,21,22). The summed E-state index contributed by atoms with van der Waals surface area (Å²) in [6.07, 6.45) is 3.38. The molecule has 0 radical (unpaired) electrons. The summed E-state index contributed by atoms with van der Waals surface area (Å²) in [4.78, 5) is 32.4. The molecule has 0 aliphatic rings. The fraction of sp³-hybridized carbons (Fsp3) is 0.135. The first-order chi connectivity index (χ1) is 22.5. The summed E-state index contributed by atoms with van der Waals surface area (Å²) >= 11 is 0. The van der Waals surface area contributed by atoms with E-state index in [0.29, 0.717) is 22.2 Å². The molecule has 6 aromatic rings. The number of rotatable bonds is 7. The van der Waals surface area contributed by atoms with Crippen LogP contribution < -0.4 is 16.0 Å². The van der Waals surface area contributed by atoms with Crippen molar-refractivity contribution in [2.75, 3.05) is 10.6 Å². The number of nitrogens with zero attached hydrogens (tertiary/aromatic N) is 2. The lowest BCUT2D eigenvalue weighted by atomic mass is 10.0. The maximum absolute atomic E-state index is 12.6. The van der Waals surface area contributed by atoms with Crippen LogP contribution in [-0.4, -0.2) is 43.2 Å². The molecule has 0 bridgehead atoms. The Morgan fingerprint density at radius 3 is 1.96 bits per heavy atom. The number of carboxylic acids is 1. The van der Waals surface area contributed by atoms with Crippen LogP contribution in [0.5, 0.6) is 11.5 Å². The van der Waals surface area contributed by atoms with Gasteiger partial charge in [0, 0.05) is 58.4 Å². The third-order valence-corrected chi connectivity index (χ3v) is 7.41. The minimum absolute atomic E-state index is 0.0347. The Kier molecular flexibility index (Phi) is 9.51. The van der Waals surface area contributed by atoms with Crippen LogP contribution >= 0.6 is 0 Å². The van der Waals surface area contributed by atoms with Gasteiger partial charge in [-0.2, -0.15) is 0 Å². The van der Waals surface area contributed by atoms with Crippen LogP contribution in [0.25, 0.3) is 21.8 Å². The van der Waals surface area contributed by atoms with E-state index in [9.17, 15) is 19.8 Å². The van der Waals surface area contributed by atoms with Crippen LogP contribution in [0.2, 0.25) is 0 Å². The number of anilines is 4. The lowest BCUT2D eigenvalue weighted by Gasteiger charge is -2.17. The SMILES string of the molecule is Cc1ccc(O)cc1Nc1c(C(=O)NC(C)C)ccc2ncccc12.Cc1ccc(O)cc1Nc1ccnc2ccc(C(=O)O)cc12.